The van der Waals surface area contributed by atoms with Gasteiger partial charge in [0.25, 0.3) is 0 Å². The molecule has 108 valence electrons. The van der Waals surface area contributed by atoms with Crippen molar-refractivity contribution in [3.05, 3.63) is 11.8 Å². The highest BCUT2D eigenvalue weighted by molar-refractivity contribution is 8.01. The van der Waals surface area contributed by atoms with Gasteiger partial charge in [-0.3, -0.25) is 9.48 Å². The summed E-state index contributed by atoms with van der Waals surface area (Å²) in [7, 11) is 3.30. The van der Waals surface area contributed by atoms with E-state index in [9.17, 15) is 4.79 Å². The zero-order valence-electron chi connectivity index (χ0n) is 11.6. The van der Waals surface area contributed by atoms with Crippen LogP contribution in [0.15, 0.2) is 10.4 Å². The molecule has 0 radical (unpaired) electrons. The predicted octanol–water partition coefficient (Wildman–Crippen LogP) is 2.16. The second-order valence-electron chi connectivity index (χ2n) is 4.05. The summed E-state index contributed by atoms with van der Waals surface area (Å²) in [5, 5.41) is 13.6. The SMILES string of the molecule is CCc1cc(-c2nnc(SCCC(=O)OC)s2)n(C)n1. The van der Waals surface area contributed by atoms with Crippen molar-refractivity contribution in [2.75, 3.05) is 12.9 Å². The second-order valence-corrected chi connectivity index (χ2v) is 6.37. The molecule has 6 nitrogen and oxygen atoms in total. The summed E-state index contributed by atoms with van der Waals surface area (Å²) in [6.07, 6.45) is 1.27. The fourth-order valence-corrected chi connectivity index (χ4v) is 3.48. The minimum absolute atomic E-state index is 0.207. The van der Waals surface area contributed by atoms with Crippen LogP contribution in [0.25, 0.3) is 10.7 Å². The summed E-state index contributed by atoms with van der Waals surface area (Å²) < 4.78 is 7.27. The van der Waals surface area contributed by atoms with Gasteiger partial charge in [0.05, 0.1) is 24.9 Å². The summed E-state index contributed by atoms with van der Waals surface area (Å²) in [5.74, 6) is 0.439. The number of esters is 1. The first-order valence-corrected chi connectivity index (χ1v) is 8.00. The highest BCUT2D eigenvalue weighted by Gasteiger charge is 2.13. The molecule has 8 heteroatoms. The predicted molar refractivity (Wildman–Crippen MR) is 78.8 cm³/mol. The van der Waals surface area contributed by atoms with Crippen molar-refractivity contribution < 1.29 is 9.53 Å². The Kier molecular flexibility index (Phi) is 5.13. The van der Waals surface area contributed by atoms with Gasteiger partial charge in [0, 0.05) is 12.8 Å². The number of aromatic nitrogens is 4. The number of aryl methyl sites for hydroxylation is 2. The summed E-state index contributed by atoms with van der Waals surface area (Å²) in [4.78, 5) is 11.0. The van der Waals surface area contributed by atoms with Crippen LogP contribution in [0.4, 0.5) is 0 Å². The van der Waals surface area contributed by atoms with Gasteiger partial charge in [-0.15, -0.1) is 10.2 Å². The Hall–Kier alpha value is -1.41. The highest BCUT2D eigenvalue weighted by Crippen LogP contribution is 2.29. The van der Waals surface area contributed by atoms with Crippen molar-refractivity contribution in [3.8, 4) is 10.7 Å². The Morgan fingerprint density at radius 1 is 1.50 bits per heavy atom. The molecule has 0 atom stereocenters. The molecule has 0 fully saturated rings. The van der Waals surface area contributed by atoms with Crippen LogP contribution in [-0.4, -0.2) is 38.8 Å². The standard InChI is InChI=1S/C12H16N4O2S2/c1-4-8-7-9(16(2)15-8)11-13-14-12(20-11)19-6-5-10(17)18-3/h7H,4-6H2,1-3H3. The van der Waals surface area contributed by atoms with E-state index in [-0.39, 0.29) is 5.97 Å². The Bertz CT molecular complexity index is 594. The molecule has 0 amide bonds. The molecule has 0 N–H and O–H groups in total. The Morgan fingerprint density at radius 3 is 2.95 bits per heavy atom. The lowest BCUT2D eigenvalue weighted by Crippen LogP contribution is -2.00. The van der Waals surface area contributed by atoms with Gasteiger partial charge in [0.1, 0.15) is 0 Å². The van der Waals surface area contributed by atoms with Crippen LogP contribution in [0.1, 0.15) is 19.0 Å². The zero-order valence-corrected chi connectivity index (χ0v) is 13.3. The number of carbonyl (C=O) groups is 1. The van der Waals surface area contributed by atoms with Crippen LogP contribution < -0.4 is 0 Å². The Labute approximate surface area is 125 Å². The summed E-state index contributed by atoms with van der Waals surface area (Å²) >= 11 is 3.02. The average molecular weight is 312 g/mol. The van der Waals surface area contributed by atoms with Crippen molar-refractivity contribution in [3.63, 3.8) is 0 Å². The summed E-state index contributed by atoms with van der Waals surface area (Å²) in [6, 6.07) is 2.03. The molecule has 2 aromatic heterocycles. The maximum absolute atomic E-state index is 11.0. The zero-order chi connectivity index (χ0) is 14.5. The molecular formula is C12H16N4O2S2. The van der Waals surface area contributed by atoms with E-state index in [1.807, 2.05) is 17.8 Å². The average Bonchev–Trinajstić information content (AvgIpc) is 3.04. The van der Waals surface area contributed by atoms with Crippen LogP contribution >= 0.6 is 23.1 Å². The quantitative estimate of drug-likeness (QED) is 0.601. The van der Waals surface area contributed by atoms with Gasteiger partial charge in [-0.25, -0.2) is 0 Å². The molecule has 0 unspecified atom stereocenters. The van der Waals surface area contributed by atoms with E-state index in [2.05, 4.69) is 27.0 Å². The van der Waals surface area contributed by atoms with Gasteiger partial charge in [-0.05, 0) is 12.5 Å². The molecular weight excluding hydrogens is 296 g/mol. The number of thioether (sulfide) groups is 1. The van der Waals surface area contributed by atoms with E-state index in [0.717, 1.165) is 27.2 Å². The molecule has 2 rings (SSSR count). The monoisotopic (exact) mass is 312 g/mol. The maximum atomic E-state index is 11.0. The molecule has 20 heavy (non-hydrogen) atoms. The van der Waals surface area contributed by atoms with Crippen LogP contribution in [0, 0.1) is 0 Å². The molecule has 0 saturated carbocycles. The minimum atomic E-state index is -0.207. The molecule has 2 aromatic rings. The normalized spacial score (nSPS) is 10.8. The third kappa shape index (κ3) is 3.57. The van der Waals surface area contributed by atoms with Gasteiger partial charge in [0.15, 0.2) is 9.35 Å². The van der Waals surface area contributed by atoms with E-state index >= 15 is 0 Å². The van der Waals surface area contributed by atoms with Crippen molar-refractivity contribution in [1.82, 2.24) is 20.0 Å². The maximum Gasteiger partial charge on any atom is 0.306 e. The number of methoxy groups -OCH3 is 1. The van der Waals surface area contributed by atoms with Gasteiger partial charge < -0.3 is 4.74 Å². The van der Waals surface area contributed by atoms with Gasteiger partial charge in [0.2, 0.25) is 0 Å². The largest absolute Gasteiger partial charge is 0.469 e. The molecule has 0 aromatic carbocycles. The fourth-order valence-electron chi connectivity index (χ4n) is 1.59. The van der Waals surface area contributed by atoms with Crippen LogP contribution in [0.5, 0.6) is 0 Å². The van der Waals surface area contributed by atoms with Crippen molar-refractivity contribution in [2.45, 2.75) is 24.1 Å². The highest BCUT2D eigenvalue weighted by atomic mass is 32.2. The van der Waals surface area contributed by atoms with E-state index in [1.165, 1.54) is 30.2 Å². The fraction of sp³-hybridized carbons (Fsp3) is 0.500. The van der Waals surface area contributed by atoms with Gasteiger partial charge >= 0.3 is 5.97 Å². The topological polar surface area (TPSA) is 69.9 Å². The number of rotatable bonds is 6. The number of hydrogen-bond donors (Lipinski definition) is 0. The summed E-state index contributed by atoms with van der Waals surface area (Å²) in [6.45, 7) is 2.07. The van der Waals surface area contributed by atoms with Crippen molar-refractivity contribution >= 4 is 29.1 Å². The Morgan fingerprint density at radius 2 is 2.30 bits per heavy atom. The van der Waals surface area contributed by atoms with Crippen molar-refractivity contribution in [2.24, 2.45) is 7.05 Å². The molecule has 0 spiro atoms. The van der Waals surface area contributed by atoms with Gasteiger partial charge in [-0.2, -0.15) is 5.10 Å². The van der Waals surface area contributed by atoms with E-state index in [4.69, 9.17) is 0 Å². The molecule has 0 bridgehead atoms. The third-order valence-corrected chi connectivity index (χ3v) is 4.76. The molecule has 0 saturated heterocycles. The number of hydrogen-bond acceptors (Lipinski definition) is 7. The number of nitrogens with zero attached hydrogens (tertiary/aromatic N) is 4. The molecule has 2 heterocycles. The lowest BCUT2D eigenvalue weighted by Gasteiger charge is -1.96. The lowest BCUT2D eigenvalue weighted by atomic mass is 10.3. The van der Waals surface area contributed by atoms with Crippen molar-refractivity contribution in [1.29, 1.82) is 0 Å². The molecule has 0 aliphatic heterocycles. The van der Waals surface area contributed by atoms with E-state index < -0.39 is 0 Å². The molecule has 0 aliphatic rings. The Balaban J connectivity index is 2.01. The third-order valence-electron chi connectivity index (χ3n) is 2.68. The molecule has 0 aliphatic carbocycles. The van der Waals surface area contributed by atoms with Crippen LogP contribution in [0.3, 0.4) is 0 Å². The lowest BCUT2D eigenvalue weighted by molar-refractivity contribution is -0.140. The first kappa shape index (κ1) is 15.0. The minimum Gasteiger partial charge on any atom is -0.469 e. The van der Waals surface area contributed by atoms with Gasteiger partial charge in [-0.1, -0.05) is 30.0 Å². The van der Waals surface area contributed by atoms with Crippen LogP contribution in [0.2, 0.25) is 0 Å². The van der Waals surface area contributed by atoms with E-state index in [0.29, 0.717) is 12.2 Å². The number of carbonyl (C=O) groups excluding carboxylic acids is 1. The van der Waals surface area contributed by atoms with E-state index in [1.54, 1.807) is 0 Å². The smallest absolute Gasteiger partial charge is 0.306 e. The first-order valence-electron chi connectivity index (χ1n) is 6.20. The first-order chi connectivity index (χ1) is 9.63. The number of ether oxygens (including phenoxy) is 1. The summed E-state index contributed by atoms with van der Waals surface area (Å²) in [5.41, 5.74) is 2.01. The van der Waals surface area contributed by atoms with Crippen LogP contribution in [-0.2, 0) is 23.0 Å². The second kappa shape index (κ2) is 6.85.